The van der Waals surface area contributed by atoms with E-state index in [0.717, 1.165) is 18.8 Å². The van der Waals surface area contributed by atoms with Gasteiger partial charge in [0.15, 0.2) is 0 Å². The molecule has 1 N–H and O–H groups in total. The Morgan fingerprint density at radius 1 is 1.11 bits per heavy atom. The molecular formula is C20H19F3N2O3. The highest BCUT2D eigenvalue weighted by Crippen LogP contribution is 2.27. The molecule has 0 bridgehead atoms. The Bertz CT molecular complexity index is 847. The predicted octanol–water partition coefficient (Wildman–Crippen LogP) is 4.07. The monoisotopic (exact) mass is 392 g/mol. The van der Waals surface area contributed by atoms with Gasteiger partial charge in [-0.3, -0.25) is 4.79 Å². The SMILES string of the molecule is O=C(C=Cc1ccccc1OC(F)(F)F)Nc1cccc(N2CCOCC2)c1. The molecule has 2 aromatic carbocycles. The Labute approximate surface area is 160 Å². The van der Waals surface area contributed by atoms with Crippen molar-refractivity contribution in [2.24, 2.45) is 0 Å². The molecule has 1 heterocycles. The summed E-state index contributed by atoms with van der Waals surface area (Å²) in [5.41, 5.74) is 1.71. The zero-order valence-electron chi connectivity index (χ0n) is 14.9. The number of amides is 1. The molecule has 1 aliphatic rings. The molecule has 1 fully saturated rings. The van der Waals surface area contributed by atoms with Crippen molar-refractivity contribution in [3.05, 3.63) is 60.2 Å². The van der Waals surface area contributed by atoms with Crippen LogP contribution in [0.5, 0.6) is 5.75 Å². The molecule has 0 unspecified atom stereocenters. The van der Waals surface area contributed by atoms with E-state index < -0.39 is 12.3 Å². The van der Waals surface area contributed by atoms with E-state index in [2.05, 4.69) is 15.0 Å². The minimum atomic E-state index is -4.80. The second-order valence-corrected chi connectivity index (χ2v) is 6.06. The molecule has 1 aliphatic heterocycles. The van der Waals surface area contributed by atoms with Crippen molar-refractivity contribution in [3.63, 3.8) is 0 Å². The minimum absolute atomic E-state index is 0.150. The lowest BCUT2D eigenvalue weighted by molar-refractivity contribution is -0.274. The fourth-order valence-electron chi connectivity index (χ4n) is 2.79. The first kappa shape index (κ1) is 19.8. The average molecular weight is 392 g/mol. The van der Waals surface area contributed by atoms with Crippen molar-refractivity contribution in [3.8, 4) is 5.75 Å². The molecule has 0 spiro atoms. The Morgan fingerprint density at radius 3 is 2.61 bits per heavy atom. The number of benzene rings is 2. The third-order valence-corrected chi connectivity index (χ3v) is 4.05. The largest absolute Gasteiger partial charge is 0.573 e. The number of carbonyl (C=O) groups is 1. The van der Waals surface area contributed by atoms with E-state index in [0.29, 0.717) is 18.9 Å². The Kier molecular flexibility index (Phi) is 6.20. The topological polar surface area (TPSA) is 50.8 Å². The third-order valence-electron chi connectivity index (χ3n) is 4.05. The van der Waals surface area contributed by atoms with Gasteiger partial charge in [0.1, 0.15) is 5.75 Å². The zero-order valence-corrected chi connectivity index (χ0v) is 14.9. The van der Waals surface area contributed by atoms with Gasteiger partial charge in [-0.15, -0.1) is 13.2 Å². The third kappa shape index (κ3) is 5.75. The second kappa shape index (κ2) is 8.79. The second-order valence-electron chi connectivity index (χ2n) is 6.06. The summed E-state index contributed by atoms with van der Waals surface area (Å²) in [6.45, 7) is 2.85. The molecule has 0 aromatic heterocycles. The van der Waals surface area contributed by atoms with Gasteiger partial charge in [-0.25, -0.2) is 0 Å². The van der Waals surface area contributed by atoms with Gasteiger partial charge < -0.3 is 19.7 Å². The number of nitrogens with zero attached hydrogens (tertiary/aromatic N) is 1. The number of ether oxygens (including phenoxy) is 2. The van der Waals surface area contributed by atoms with Gasteiger partial charge in [-0.05, 0) is 30.3 Å². The van der Waals surface area contributed by atoms with Crippen molar-refractivity contribution in [2.45, 2.75) is 6.36 Å². The van der Waals surface area contributed by atoms with Crippen LogP contribution in [0.3, 0.4) is 0 Å². The summed E-state index contributed by atoms with van der Waals surface area (Å²) in [6, 6.07) is 13.0. The number of hydrogen-bond acceptors (Lipinski definition) is 4. The molecule has 148 valence electrons. The number of morpholine rings is 1. The molecule has 0 saturated carbocycles. The van der Waals surface area contributed by atoms with Crippen LogP contribution < -0.4 is 15.0 Å². The highest BCUT2D eigenvalue weighted by Gasteiger charge is 2.31. The van der Waals surface area contributed by atoms with Crippen LogP contribution in [0.1, 0.15) is 5.56 Å². The van der Waals surface area contributed by atoms with Crippen molar-refractivity contribution >= 4 is 23.4 Å². The molecule has 5 nitrogen and oxygen atoms in total. The van der Waals surface area contributed by atoms with Crippen LogP contribution in [0.15, 0.2) is 54.6 Å². The smallest absolute Gasteiger partial charge is 0.405 e. The number of halogens is 3. The van der Waals surface area contributed by atoms with Gasteiger partial charge in [0.25, 0.3) is 0 Å². The van der Waals surface area contributed by atoms with Crippen molar-refractivity contribution < 1.29 is 27.4 Å². The Morgan fingerprint density at radius 2 is 1.86 bits per heavy atom. The van der Waals surface area contributed by atoms with Crippen molar-refractivity contribution in [2.75, 3.05) is 36.5 Å². The van der Waals surface area contributed by atoms with E-state index in [-0.39, 0.29) is 11.3 Å². The van der Waals surface area contributed by atoms with Crippen LogP contribution in [0, 0.1) is 0 Å². The maximum Gasteiger partial charge on any atom is 0.573 e. The van der Waals surface area contributed by atoms with E-state index in [9.17, 15) is 18.0 Å². The highest BCUT2D eigenvalue weighted by atomic mass is 19.4. The fourth-order valence-corrected chi connectivity index (χ4v) is 2.79. The summed E-state index contributed by atoms with van der Waals surface area (Å²) < 4.78 is 46.7. The van der Waals surface area contributed by atoms with E-state index >= 15 is 0 Å². The van der Waals surface area contributed by atoms with Gasteiger partial charge in [0.2, 0.25) is 5.91 Å². The van der Waals surface area contributed by atoms with E-state index in [1.165, 1.54) is 30.4 Å². The number of nitrogens with one attached hydrogen (secondary N) is 1. The summed E-state index contributed by atoms with van der Waals surface area (Å²) in [5, 5.41) is 2.71. The van der Waals surface area contributed by atoms with Gasteiger partial charge in [0.05, 0.1) is 13.2 Å². The van der Waals surface area contributed by atoms with Gasteiger partial charge >= 0.3 is 6.36 Å². The van der Waals surface area contributed by atoms with Gasteiger partial charge in [-0.2, -0.15) is 0 Å². The number of rotatable bonds is 5. The quantitative estimate of drug-likeness (QED) is 0.780. The maximum absolute atomic E-state index is 12.5. The standard InChI is InChI=1S/C20H19F3N2O3/c21-20(22,23)28-18-7-2-1-4-15(18)8-9-19(26)24-16-5-3-6-17(14-16)25-10-12-27-13-11-25/h1-9,14H,10-13H2,(H,24,26). The van der Waals surface area contributed by atoms with Crippen LogP contribution in [0.4, 0.5) is 24.5 Å². The summed E-state index contributed by atoms with van der Waals surface area (Å²) >= 11 is 0. The zero-order chi connectivity index (χ0) is 20.0. The molecule has 0 radical (unpaired) electrons. The lowest BCUT2D eigenvalue weighted by Gasteiger charge is -2.29. The first-order valence-corrected chi connectivity index (χ1v) is 8.67. The number of para-hydroxylation sites is 1. The molecule has 0 atom stereocenters. The van der Waals surface area contributed by atoms with Gasteiger partial charge in [-0.1, -0.05) is 24.3 Å². The molecule has 0 aliphatic carbocycles. The summed E-state index contributed by atoms with van der Waals surface area (Å²) in [6.07, 6.45) is -2.35. The Hall–Kier alpha value is -3.00. The molecule has 1 saturated heterocycles. The lowest BCUT2D eigenvalue weighted by atomic mass is 10.2. The summed E-state index contributed by atoms with van der Waals surface area (Å²) in [7, 11) is 0. The number of carbonyl (C=O) groups excluding carboxylic acids is 1. The maximum atomic E-state index is 12.5. The van der Waals surface area contributed by atoms with E-state index in [4.69, 9.17) is 4.74 Å². The normalized spacial score (nSPS) is 14.9. The molecule has 3 rings (SSSR count). The molecule has 28 heavy (non-hydrogen) atoms. The first-order chi connectivity index (χ1) is 13.4. The average Bonchev–Trinajstić information content (AvgIpc) is 2.67. The number of anilines is 2. The first-order valence-electron chi connectivity index (χ1n) is 8.67. The van der Waals surface area contributed by atoms with Crippen LogP contribution in [0.2, 0.25) is 0 Å². The predicted molar refractivity (Wildman–Crippen MR) is 100 cm³/mol. The Balaban J connectivity index is 1.66. The molecule has 8 heteroatoms. The van der Waals surface area contributed by atoms with Gasteiger partial charge in [0, 0.05) is 36.1 Å². The molecular weight excluding hydrogens is 373 g/mol. The lowest BCUT2D eigenvalue weighted by Crippen LogP contribution is -2.36. The number of alkyl halides is 3. The fraction of sp³-hybridized carbons (Fsp3) is 0.250. The van der Waals surface area contributed by atoms with E-state index in [1.807, 2.05) is 18.2 Å². The van der Waals surface area contributed by atoms with Crippen LogP contribution in [-0.4, -0.2) is 38.6 Å². The molecule has 1 amide bonds. The van der Waals surface area contributed by atoms with Crippen LogP contribution >= 0.6 is 0 Å². The van der Waals surface area contributed by atoms with Crippen molar-refractivity contribution in [1.82, 2.24) is 0 Å². The summed E-state index contributed by atoms with van der Waals surface area (Å²) in [4.78, 5) is 14.3. The highest BCUT2D eigenvalue weighted by molar-refractivity contribution is 6.02. The molecule has 2 aromatic rings. The number of hydrogen-bond donors (Lipinski definition) is 1. The van der Waals surface area contributed by atoms with E-state index in [1.54, 1.807) is 12.1 Å². The van der Waals surface area contributed by atoms with Crippen molar-refractivity contribution in [1.29, 1.82) is 0 Å². The van der Waals surface area contributed by atoms with Crippen LogP contribution in [-0.2, 0) is 9.53 Å². The minimum Gasteiger partial charge on any atom is -0.405 e. The summed E-state index contributed by atoms with van der Waals surface area (Å²) in [5.74, 6) is -0.825. The van der Waals surface area contributed by atoms with Crippen LogP contribution in [0.25, 0.3) is 6.08 Å².